The summed E-state index contributed by atoms with van der Waals surface area (Å²) in [5.74, 6) is 0.499. The van der Waals surface area contributed by atoms with E-state index in [4.69, 9.17) is 21.1 Å². The van der Waals surface area contributed by atoms with E-state index < -0.39 is 21.6 Å². The Kier molecular flexibility index (Phi) is 9.54. The third-order valence-corrected chi connectivity index (χ3v) is 7.54. The van der Waals surface area contributed by atoms with Crippen molar-refractivity contribution in [2.24, 2.45) is 0 Å². The van der Waals surface area contributed by atoms with Gasteiger partial charge < -0.3 is 19.7 Å². The number of halogens is 1. The number of carbonyl (C=O) groups excluding carboxylic acids is 2. The first-order chi connectivity index (χ1) is 17.8. The first-order valence-corrected chi connectivity index (χ1v) is 14.7. The van der Waals surface area contributed by atoms with Gasteiger partial charge in [0, 0.05) is 36.1 Å². The summed E-state index contributed by atoms with van der Waals surface area (Å²) in [4.78, 5) is 28.2. The van der Waals surface area contributed by atoms with Gasteiger partial charge in [-0.05, 0) is 57.4 Å². The van der Waals surface area contributed by atoms with E-state index in [2.05, 4.69) is 5.32 Å². The molecule has 0 fully saturated rings. The number of ether oxygens (including phenoxy) is 2. The highest BCUT2D eigenvalue weighted by atomic mass is 35.5. The molecule has 0 unspecified atom stereocenters. The van der Waals surface area contributed by atoms with E-state index in [1.54, 1.807) is 30.3 Å². The first-order valence-electron chi connectivity index (χ1n) is 12.5. The standard InChI is InChI=1S/C27H36ClN3O6S/c1-6-22(26(33)29-27(2,3)4)30(17-19-10-7-8-11-21(19)28)25(32)12-9-15-31(38(5,34)35)20-13-14-23-24(16-20)37-18-36-23/h7-8,10-11,13-14,16,22H,6,9,12,15,17-18H2,1-5H3,(H,29,33)/t22-/m0/s1. The first kappa shape index (κ1) is 29.6. The second-order valence-corrected chi connectivity index (χ2v) is 12.6. The Labute approximate surface area is 230 Å². The smallest absolute Gasteiger partial charge is 0.243 e. The highest BCUT2D eigenvalue weighted by molar-refractivity contribution is 7.92. The summed E-state index contributed by atoms with van der Waals surface area (Å²) in [6.07, 6.45) is 1.81. The zero-order chi connectivity index (χ0) is 28.1. The van der Waals surface area contributed by atoms with Crippen LogP contribution in [0.1, 0.15) is 52.5 Å². The minimum Gasteiger partial charge on any atom is -0.454 e. The summed E-state index contributed by atoms with van der Waals surface area (Å²) >= 11 is 6.38. The minimum atomic E-state index is -3.63. The van der Waals surface area contributed by atoms with Crippen LogP contribution in [0.2, 0.25) is 5.02 Å². The number of hydrogen-bond acceptors (Lipinski definition) is 6. The lowest BCUT2D eigenvalue weighted by molar-refractivity contribution is -0.142. The van der Waals surface area contributed by atoms with Crippen LogP contribution in [0, 0.1) is 0 Å². The van der Waals surface area contributed by atoms with Gasteiger partial charge in [-0.2, -0.15) is 0 Å². The molecule has 1 atom stereocenters. The van der Waals surface area contributed by atoms with E-state index in [0.717, 1.165) is 11.8 Å². The Hall–Kier alpha value is -2.98. The second kappa shape index (κ2) is 12.3. The number of amides is 2. The van der Waals surface area contributed by atoms with Crippen LogP contribution in [-0.4, -0.2) is 56.3 Å². The van der Waals surface area contributed by atoms with Gasteiger partial charge >= 0.3 is 0 Å². The van der Waals surface area contributed by atoms with Gasteiger partial charge in [-0.15, -0.1) is 0 Å². The maximum atomic E-state index is 13.5. The molecule has 0 saturated heterocycles. The molecule has 1 N–H and O–H groups in total. The topological polar surface area (TPSA) is 105 Å². The molecular formula is C27H36ClN3O6S. The Morgan fingerprint density at radius 3 is 2.42 bits per heavy atom. The van der Waals surface area contributed by atoms with Gasteiger partial charge in [-0.25, -0.2) is 8.42 Å². The van der Waals surface area contributed by atoms with Gasteiger partial charge in [0.05, 0.1) is 11.9 Å². The molecule has 38 heavy (non-hydrogen) atoms. The normalized spacial score (nSPS) is 13.6. The largest absolute Gasteiger partial charge is 0.454 e. The quantitative estimate of drug-likeness (QED) is 0.434. The molecule has 0 spiro atoms. The van der Waals surface area contributed by atoms with Gasteiger partial charge in [0.1, 0.15) is 6.04 Å². The molecule has 2 aromatic rings. The number of hydrogen-bond donors (Lipinski definition) is 1. The van der Waals surface area contributed by atoms with Crippen molar-refractivity contribution in [1.29, 1.82) is 0 Å². The Bertz CT molecular complexity index is 1260. The number of sulfonamides is 1. The van der Waals surface area contributed by atoms with Crippen LogP contribution in [0.25, 0.3) is 0 Å². The molecule has 9 nitrogen and oxygen atoms in total. The molecule has 0 saturated carbocycles. The van der Waals surface area contributed by atoms with E-state index in [9.17, 15) is 18.0 Å². The summed E-state index contributed by atoms with van der Waals surface area (Å²) in [5, 5.41) is 3.47. The average molecular weight is 566 g/mol. The molecule has 0 aliphatic carbocycles. The predicted molar refractivity (Wildman–Crippen MR) is 148 cm³/mol. The van der Waals surface area contributed by atoms with Crippen molar-refractivity contribution in [3.63, 3.8) is 0 Å². The van der Waals surface area contributed by atoms with Crippen LogP contribution in [-0.2, 0) is 26.2 Å². The van der Waals surface area contributed by atoms with Gasteiger partial charge in [-0.3, -0.25) is 13.9 Å². The Balaban J connectivity index is 1.79. The number of rotatable bonds is 11. The number of benzene rings is 2. The number of nitrogens with zero attached hydrogens (tertiary/aromatic N) is 2. The zero-order valence-electron chi connectivity index (χ0n) is 22.5. The van der Waals surface area contributed by atoms with Crippen LogP contribution in [0.5, 0.6) is 11.5 Å². The number of nitrogens with one attached hydrogen (secondary N) is 1. The van der Waals surface area contributed by atoms with Gasteiger partial charge in [0.25, 0.3) is 0 Å². The molecule has 2 aromatic carbocycles. The van der Waals surface area contributed by atoms with Gasteiger partial charge in [0.15, 0.2) is 11.5 Å². The lowest BCUT2D eigenvalue weighted by Crippen LogP contribution is -2.53. The Morgan fingerprint density at radius 2 is 1.79 bits per heavy atom. The SMILES string of the molecule is CC[C@@H](C(=O)NC(C)(C)C)N(Cc1ccccc1Cl)C(=O)CCCN(c1ccc2c(c1)OCO2)S(C)(=O)=O. The maximum absolute atomic E-state index is 13.5. The molecule has 2 amide bonds. The maximum Gasteiger partial charge on any atom is 0.243 e. The van der Waals surface area contributed by atoms with Crippen molar-refractivity contribution < 1.29 is 27.5 Å². The second-order valence-electron chi connectivity index (χ2n) is 10.3. The monoisotopic (exact) mass is 565 g/mol. The predicted octanol–water partition coefficient (Wildman–Crippen LogP) is 4.34. The van der Waals surface area contributed by atoms with Crippen molar-refractivity contribution in [2.45, 2.75) is 65.1 Å². The number of anilines is 1. The van der Waals surface area contributed by atoms with Gasteiger partial charge in [-0.1, -0.05) is 36.7 Å². The highest BCUT2D eigenvalue weighted by Gasteiger charge is 2.31. The fourth-order valence-corrected chi connectivity index (χ4v) is 5.38. The zero-order valence-corrected chi connectivity index (χ0v) is 24.1. The molecule has 1 aliphatic heterocycles. The van der Waals surface area contributed by atoms with Crippen LogP contribution < -0.4 is 19.1 Å². The van der Waals surface area contributed by atoms with Crippen molar-refractivity contribution in [3.05, 3.63) is 53.1 Å². The molecule has 208 valence electrons. The fraction of sp³-hybridized carbons (Fsp3) is 0.481. The average Bonchev–Trinajstić information content (AvgIpc) is 3.28. The van der Waals surface area contributed by atoms with Crippen molar-refractivity contribution in [2.75, 3.05) is 23.9 Å². The van der Waals surface area contributed by atoms with Crippen LogP contribution >= 0.6 is 11.6 Å². The highest BCUT2D eigenvalue weighted by Crippen LogP contribution is 2.36. The van der Waals surface area contributed by atoms with Crippen LogP contribution in [0.3, 0.4) is 0 Å². The lowest BCUT2D eigenvalue weighted by atomic mass is 10.0. The van der Waals surface area contributed by atoms with Crippen LogP contribution in [0.15, 0.2) is 42.5 Å². The molecule has 3 rings (SSSR count). The Morgan fingerprint density at radius 1 is 1.11 bits per heavy atom. The molecule has 1 heterocycles. The van der Waals surface area contributed by atoms with E-state index in [1.807, 2.05) is 39.8 Å². The summed E-state index contributed by atoms with van der Waals surface area (Å²) in [7, 11) is -3.63. The third-order valence-electron chi connectivity index (χ3n) is 5.98. The summed E-state index contributed by atoms with van der Waals surface area (Å²) in [6, 6.07) is 11.4. The summed E-state index contributed by atoms with van der Waals surface area (Å²) in [6.45, 7) is 7.82. The summed E-state index contributed by atoms with van der Waals surface area (Å²) in [5.41, 5.74) is 0.681. The molecule has 0 aromatic heterocycles. The van der Waals surface area contributed by atoms with Crippen LogP contribution in [0.4, 0.5) is 5.69 Å². The fourth-order valence-electron chi connectivity index (χ4n) is 4.23. The van der Waals surface area contributed by atoms with Gasteiger partial charge in [0.2, 0.25) is 28.6 Å². The molecule has 0 radical (unpaired) electrons. The molecular weight excluding hydrogens is 530 g/mol. The van der Waals surface area contributed by atoms with E-state index >= 15 is 0 Å². The molecule has 1 aliphatic rings. The van der Waals surface area contributed by atoms with E-state index in [-0.39, 0.29) is 44.5 Å². The third kappa shape index (κ3) is 7.77. The number of fused-ring (bicyclic) bond motifs is 1. The lowest BCUT2D eigenvalue weighted by Gasteiger charge is -2.33. The van der Waals surface area contributed by atoms with Crippen molar-refractivity contribution in [1.82, 2.24) is 10.2 Å². The number of carbonyl (C=O) groups is 2. The van der Waals surface area contributed by atoms with E-state index in [0.29, 0.717) is 28.6 Å². The van der Waals surface area contributed by atoms with Crippen molar-refractivity contribution in [3.8, 4) is 11.5 Å². The van der Waals surface area contributed by atoms with Crippen molar-refractivity contribution >= 4 is 39.1 Å². The molecule has 0 bridgehead atoms. The van der Waals surface area contributed by atoms with E-state index in [1.165, 1.54) is 9.21 Å². The summed E-state index contributed by atoms with van der Waals surface area (Å²) < 4.78 is 37.1. The minimum absolute atomic E-state index is 0.0420. The molecule has 11 heteroatoms.